The molecular weight excluding hydrogens is 304 g/mol. The fourth-order valence-electron chi connectivity index (χ4n) is 1.84. The van der Waals surface area contributed by atoms with Crippen LogP contribution in [0.5, 0.6) is 0 Å². The number of anilines is 1. The van der Waals surface area contributed by atoms with Crippen molar-refractivity contribution in [3.05, 3.63) is 57.7 Å². The third-order valence-electron chi connectivity index (χ3n) is 2.93. The maximum atomic E-state index is 12.2. The lowest BCUT2D eigenvalue weighted by molar-refractivity contribution is 0.102. The number of hydrogen-bond acceptors (Lipinski definition) is 2. The summed E-state index contributed by atoms with van der Waals surface area (Å²) in [5, 5.41) is 2.83. The summed E-state index contributed by atoms with van der Waals surface area (Å²) in [5.41, 5.74) is 2.77. The first kappa shape index (κ1) is 13.7. The van der Waals surface area contributed by atoms with Crippen molar-refractivity contribution in [3.63, 3.8) is 0 Å². The number of amides is 1. The molecule has 1 N–H and O–H groups in total. The Labute approximate surface area is 121 Å². The fourth-order valence-corrected chi connectivity index (χ4v) is 2.06. The topological polar surface area (TPSA) is 42.0 Å². The molecule has 0 atom stereocenters. The van der Waals surface area contributed by atoms with Gasteiger partial charge in [-0.15, -0.1) is 0 Å². The van der Waals surface area contributed by atoms with E-state index in [0.717, 1.165) is 22.0 Å². The molecule has 4 heteroatoms. The smallest absolute Gasteiger partial charge is 0.257 e. The second kappa shape index (κ2) is 5.97. The minimum absolute atomic E-state index is 0.119. The van der Waals surface area contributed by atoms with E-state index >= 15 is 0 Å². The second-order valence-corrected chi connectivity index (χ2v) is 5.14. The Balaban J connectivity index is 2.23. The minimum Gasteiger partial charge on any atom is -0.307 e. The number of rotatable bonds is 3. The van der Waals surface area contributed by atoms with Gasteiger partial charge in [0.1, 0.15) is 5.82 Å². The largest absolute Gasteiger partial charge is 0.307 e. The van der Waals surface area contributed by atoms with Crippen LogP contribution in [0.1, 0.15) is 28.4 Å². The van der Waals surface area contributed by atoms with Gasteiger partial charge in [-0.25, -0.2) is 4.98 Å². The van der Waals surface area contributed by atoms with Gasteiger partial charge in [0.25, 0.3) is 5.91 Å². The normalized spacial score (nSPS) is 10.3. The van der Waals surface area contributed by atoms with Crippen molar-refractivity contribution >= 4 is 27.7 Å². The molecule has 2 rings (SSSR count). The van der Waals surface area contributed by atoms with E-state index in [-0.39, 0.29) is 5.91 Å². The van der Waals surface area contributed by atoms with Gasteiger partial charge in [0.15, 0.2) is 0 Å². The van der Waals surface area contributed by atoms with Crippen molar-refractivity contribution in [2.24, 2.45) is 0 Å². The molecule has 1 aromatic heterocycles. The summed E-state index contributed by atoms with van der Waals surface area (Å²) in [6, 6.07) is 9.46. The zero-order chi connectivity index (χ0) is 13.8. The highest BCUT2D eigenvalue weighted by atomic mass is 79.9. The van der Waals surface area contributed by atoms with Gasteiger partial charge in [-0.1, -0.05) is 25.1 Å². The van der Waals surface area contributed by atoms with Crippen LogP contribution < -0.4 is 5.32 Å². The molecule has 0 spiro atoms. The van der Waals surface area contributed by atoms with Gasteiger partial charge in [-0.2, -0.15) is 0 Å². The lowest BCUT2D eigenvalue weighted by Crippen LogP contribution is -2.15. The van der Waals surface area contributed by atoms with Gasteiger partial charge < -0.3 is 5.32 Å². The molecule has 1 amide bonds. The van der Waals surface area contributed by atoms with Crippen LogP contribution in [0.15, 0.2) is 41.0 Å². The molecule has 0 saturated heterocycles. The molecule has 2 aromatic rings. The number of benzene rings is 1. The predicted molar refractivity (Wildman–Crippen MR) is 80.4 cm³/mol. The van der Waals surface area contributed by atoms with E-state index in [9.17, 15) is 4.79 Å². The maximum Gasteiger partial charge on any atom is 0.257 e. The van der Waals surface area contributed by atoms with Gasteiger partial charge in [-0.05, 0) is 52.5 Å². The maximum absolute atomic E-state index is 12.2. The molecule has 19 heavy (non-hydrogen) atoms. The van der Waals surface area contributed by atoms with E-state index in [1.165, 1.54) is 0 Å². The van der Waals surface area contributed by atoms with Gasteiger partial charge in [-0.3, -0.25) is 4.79 Å². The van der Waals surface area contributed by atoms with E-state index in [0.29, 0.717) is 11.4 Å². The Morgan fingerprint density at radius 1 is 1.37 bits per heavy atom. The Morgan fingerprint density at radius 3 is 2.79 bits per heavy atom. The van der Waals surface area contributed by atoms with Crippen molar-refractivity contribution < 1.29 is 4.79 Å². The lowest BCUT2D eigenvalue weighted by atomic mass is 10.0. The monoisotopic (exact) mass is 318 g/mol. The predicted octanol–water partition coefficient (Wildman–Crippen LogP) is 3.97. The summed E-state index contributed by atoms with van der Waals surface area (Å²) in [4.78, 5) is 16.4. The number of aromatic nitrogens is 1. The zero-order valence-corrected chi connectivity index (χ0v) is 12.5. The quantitative estimate of drug-likeness (QED) is 0.930. The molecular formula is C15H15BrN2O. The number of pyridine rings is 1. The van der Waals surface area contributed by atoms with Crippen LogP contribution in [0, 0.1) is 6.92 Å². The molecule has 1 aromatic carbocycles. The molecule has 98 valence electrons. The molecule has 0 aliphatic carbocycles. The highest BCUT2D eigenvalue weighted by molar-refractivity contribution is 9.10. The number of nitrogens with one attached hydrogen (secondary N) is 1. The van der Waals surface area contributed by atoms with Crippen LogP contribution in [0.25, 0.3) is 0 Å². The Hall–Kier alpha value is -1.68. The summed E-state index contributed by atoms with van der Waals surface area (Å²) in [5.74, 6) is 0.447. The van der Waals surface area contributed by atoms with Gasteiger partial charge in [0, 0.05) is 16.2 Å². The van der Waals surface area contributed by atoms with E-state index in [1.807, 2.05) is 44.2 Å². The first-order valence-corrected chi connectivity index (χ1v) is 6.92. The number of aryl methyl sites for hydroxylation is 2. The van der Waals surface area contributed by atoms with Crippen molar-refractivity contribution in [2.45, 2.75) is 20.3 Å². The molecule has 0 aliphatic heterocycles. The van der Waals surface area contributed by atoms with E-state index < -0.39 is 0 Å². The first-order chi connectivity index (χ1) is 9.11. The van der Waals surface area contributed by atoms with Gasteiger partial charge in [0.2, 0.25) is 0 Å². The zero-order valence-electron chi connectivity index (χ0n) is 10.9. The number of halogens is 1. The average molecular weight is 319 g/mol. The number of nitrogens with zero attached hydrogens (tertiary/aromatic N) is 1. The molecule has 0 unspecified atom stereocenters. The lowest BCUT2D eigenvalue weighted by Gasteiger charge is -2.09. The first-order valence-electron chi connectivity index (χ1n) is 6.13. The molecule has 0 saturated carbocycles. The third kappa shape index (κ3) is 3.20. The summed E-state index contributed by atoms with van der Waals surface area (Å²) >= 11 is 3.39. The van der Waals surface area contributed by atoms with Crippen LogP contribution in [0.3, 0.4) is 0 Å². The van der Waals surface area contributed by atoms with Crippen LogP contribution in [-0.2, 0) is 6.42 Å². The molecule has 1 heterocycles. The standard InChI is InChI=1S/C15H15BrN2O/c1-3-11-6-4-5-7-12(11)15(19)18-14-8-10(2)13(16)9-17-14/h4-9H,3H2,1-2H3,(H,17,18,19). The molecule has 0 bridgehead atoms. The van der Waals surface area contributed by atoms with Crippen molar-refractivity contribution in [1.82, 2.24) is 4.98 Å². The van der Waals surface area contributed by atoms with E-state index in [4.69, 9.17) is 0 Å². The fraction of sp³-hybridized carbons (Fsp3) is 0.200. The molecule has 0 radical (unpaired) electrons. The molecule has 3 nitrogen and oxygen atoms in total. The Bertz CT molecular complexity index is 611. The minimum atomic E-state index is -0.119. The summed E-state index contributed by atoms with van der Waals surface area (Å²) < 4.78 is 0.930. The summed E-state index contributed by atoms with van der Waals surface area (Å²) in [7, 11) is 0. The van der Waals surface area contributed by atoms with Crippen LogP contribution in [0.4, 0.5) is 5.82 Å². The highest BCUT2D eigenvalue weighted by Crippen LogP contribution is 2.18. The van der Waals surface area contributed by atoms with Crippen LogP contribution >= 0.6 is 15.9 Å². The van der Waals surface area contributed by atoms with Gasteiger partial charge >= 0.3 is 0 Å². The molecule has 0 fully saturated rings. The van der Waals surface area contributed by atoms with E-state index in [1.54, 1.807) is 6.20 Å². The Morgan fingerprint density at radius 2 is 2.11 bits per heavy atom. The van der Waals surface area contributed by atoms with Crippen molar-refractivity contribution in [3.8, 4) is 0 Å². The SMILES string of the molecule is CCc1ccccc1C(=O)Nc1cc(C)c(Br)cn1. The van der Waals surface area contributed by atoms with E-state index in [2.05, 4.69) is 26.2 Å². The Kier molecular flexibility index (Phi) is 4.32. The number of carbonyl (C=O) groups excluding carboxylic acids is 1. The highest BCUT2D eigenvalue weighted by Gasteiger charge is 2.10. The molecule has 0 aliphatic rings. The van der Waals surface area contributed by atoms with Crippen LogP contribution in [-0.4, -0.2) is 10.9 Å². The summed E-state index contributed by atoms with van der Waals surface area (Å²) in [6.07, 6.45) is 2.52. The van der Waals surface area contributed by atoms with Crippen molar-refractivity contribution in [1.29, 1.82) is 0 Å². The van der Waals surface area contributed by atoms with Gasteiger partial charge in [0.05, 0.1) is 0 Å². The van der Waals surface area contributed by atoms with Crippen molar-refractivity contribution in [2.75, 3.05) is 5.32 Å². The summed E-state index contributed by atoms with van der Waals surface area (Å²) in [6.45, 7) is 4.00. The number of hydrogen-bond donors (Lipinski definition) is 1. The third-order valence-corrected chi connectivity index (χ3v) is 3.76. The second-order valence-electron chi connectivity index (χ2n) is 4.28. The number of carbonyl (C=O) groups is 1. The van der Waals surface area contributed by atoms with Crippen LogP contribution in [0.2, 0.25) is 0 Å². The average Bonchev–Trinajstić information content (AvgIpc) is 2.43.